The lowest BCUT2D eigenvalue weighted by Gasteiger charge is -2.40. The predicted molar refractivity (Wildman–Crippen MR) is 182 cm³/mol. The lowest BCUT2D eigenvalue weighted by molar-refractivity contribution is 0.0158. The van der Waals surface area contributed by atoms with Crippen molar-refractivity contribution < 1.29 is 14.3 Å². The Balaban J connectivity index is 1.39. The summed E-state index contributed by atoms with van der Waals surface area (Å²) < 4.78 is 13.6. The van der Waals surface area contributed by atoms with Gasteiger partial charge < -0.3 is 29.5 Å². The van der Waals surface area contributed by atoms with Crippen LogP contribution in [0, 0.1) is 0 Å². The maximum absolute atomic E-state index is 12.7. The molecule has 0 aliphatic carbocycles. The molecule has 0 radical (unpaired) electrons. The Labute approximate surface area is 268 Å². The number of carbonyl (C=O) groups is 1. The quantitative estimate of drug-likeness (QED) is 0.272. The molecular weight excluding hydrogens is 586 g/mol. The SMILES string of the molecule is C[C@@H]1CN(c2ccc(-c3nn(COCC[Si](C)(C)C)c4cnc(N5[C@H](C)CNC[C@@H]5C)nc34)cn2)CCN1C(=O)OC(C)(C)C. The second-order valence-corrected chi connectivity index (χ2v) is 20.4. The van der Waals surface area contributed by atoms with Gasteiger partial charge in [0.1, 0.15) is 34.9 Å². The molecule has 0 bridgehead atoms. The van der Waals surface area contributed by atoms with Crippen LogP contribution in [0.5, 0.6) is 0 Å². The minimum absolute atomic E-state index is 0.000519. The number of nitrogens with zero attached hydrogens (tertiary/aromatic N) is 8. The molecular formula is C32H51N9O3Si. The maximum atomic E-state index is 12.7. The first-order valence-corrected chi connectivity index (χ1v) is 19.9. The number of pyridine rings is 1. The number of hydrogen-bond acceptors (Lipinski definition) is 10. The van der Waals surface area contributed by atoms with Gasteiger partial charge in [0.05, 0.1) is 6.20 Å². The second kappa shape index (κ2) is 13.2. The molecule has 0 unspecified atom stereocenters. The standard InChI is InChI=1S/C32H51N9O3Si/c1-22-16-33-17-23(2)41(22)30-35-19-26-29(36-30)28(37-40(26)21-43-14-15-45(7,8)9)25-10-11-27(34-18-25)38-12-13-39(24(3)20-38)31(42)44-32(4,5)6/h10-11,18-19,22-24,33H,12-17,20-21H2,1-9H3/t22-,23+,24-/m1/s1. The van der Waals surface area contributed by atoms with Gasteiger partial charge >= 0.3 is 6.09 Å². The summed E-state index contributed by atoms with van der Waals surface area (Å²) >= 11 is 0. The summed E-state index contributed by atoms with van der Waals surface area (Å²) in [5.74, 6) is 1.58. The summed E-state index contributed by atoms with van der Waals surface area (Å²) in [6, 6.07) is 5.73. The third-order valence-corrected chi connectivity index (χ3v) is 10.1. The summed E-state index contributed by atoms with van der Waals surface area (Å²) in [5.41, 5.74) is 2.76. The first-order valence-electron chi connectivity index (χ1n) is 16.2. The molecule has 246 valence electrons. The molecule has 5 rings (SSSR count). The number of aromatic nitrogens is 5. The molecule has 1 N–H and O–H groups in total. The third-order valence-electron chi connectivity index (χ3n) is 8.35. The molecule has 0 spiro atoms. The van der Waals surface area contributed by atoms with Gasteiger partial charge in [-0.2, -0.15) is 5.10 Å². The van der Waals surface area contributed by atoms with E-state index in [9.17, 15) is 4.79 Å². The summed E-state index contributed by atoms with van der Waals surface area (Å²) in [6.07, 6.45) is 3.48. The van der Waals surface area contributed by atoms with E-state index in [4.69, 9.17) is 29.5 Å². The monoisotopic (exact) mass is 637 g/mol. The zero-order valence-electron chi connectivity index (χ0n) is 28.5. The van der Waals surface area contributed by atoms with Gasteiger partial charge in [-0.25, -0.2) is 24.4 Å². The highest BCUT2D eigenvalue weighted by Crippen LogP contribution is 2.30. The van der Waals surface area contributed by atoms with E-state index in [1.54, 1.807) is 4.90 Å². The fourth-order valence-corrected chi connectivity index (χ4v) is 6.65. The van der Waals surface area contributed by atoms with E-state index in [2.05, 4.69) is 54.7 Å². The average Bonchev–Trinajstić information content (AvgIpc) is 3.31. The van der Waals surface area contributed by atoms with Crippen LogP contribution in [0.3, 0.4) is 0 Å². The van der Waals surface area contributed by atoms with Crippen LogP contribution in [-0.2, 0) is 16.2 Å². The lowest BCUT2D eigenvalue weighted by Crippen LogP contribution is -2.55. The number of ether oxygens (including phenoxy) is 2. The number of hydrogen-bond donors (Lipinski definition) is 1. The van der Waals surface area contributed by atoms with Crippen LogP contribution in [0.1, 0.15) is 41.5 Å². The van der Waals surface area contributed by atoms with Gasteiger partial charge in [-0.1, -0.05) is 19.6 Å². The van der Waals surface area contributed by atoms with Gasteiger partial charge in [-0.3, -0.25) is 0 Å². The Hall–Kier alpha value is -3.29. The van der Waals surface area contributed by atoms with E-state index in [1.165, 1.54) is 0 Å². The Morgan fingerprint density at radius 1 is 1.02 bits per heavy atom. The van der Waals surface area contributed by atoms with Crippen molar-refractivity contribution in [3.05, 3.63) is 24.5 Å². The van der Waals surface area contributed by atoms with Crippen LogP contribution in [-0.4, -0.2) is 107 Å². The van der Waals surface area contributed by atoms with E-state index >= 15 is 0 Å². The molecule has 2 aliphatic heterocycles. The molecule has 1 amide bonds. The first kappa shape index (κ1) is 33.1. The van der Waals surface area contributed by atoms with Crippen molar-refractivity contribution >= 4 is 37.0 Å². The lowest BCUT2D eigenvalue weighted by atomic mass is 10.1. The zero-order valence-corrected chi connectivity index (χ0v) is 29.5. The van der Waals surface area contributed by atoms with E-state index in [1.807, 2.05) is 50.8 Å². The van der Waals surface area contributed by atoms with Crippen molar-refractivity contribution in [2.75, 3.05) is 49.1 Å². The molecule has 2 aliphatic rings. The van der Waals surface area contributed by atoms with Crippen LogP contribution in [0.25, 0.3) is 22.3 Å². The fourth-order valence-electron chi connectivity index (χ4n) is 5.90. The Morgan fingerprint density at radius 3 is 2.38 bits per heavy atom. The Morgan fingerprint density at radius 2 is 1.76 bits per heavy atom. The molecule has 3 aromatic heterocycles. The molecule has 13 heteroatoms. The van der Waals surface area contributed by atoms with Crippen LogP contribution >= 0.6 is 0 Å². The largest absolute Gasteiger partial charge is 0.444 e. The van der Waals surface area contributed by atoms with Crippen molar-refractivity contribution in [2.24, 2.45) is 0 Å². The molecule has 3 aromatic rings. The molecule has 0 aromatic carbocycles. The molecule has 0 saturated carbocycles. The summed E-state index contributed by atoms with van der Waals surface area (Å²) in [5, 5.41) is 8.48. The predicted octanol–water partition coefficient (Wildman–Crippen LogP) is 4.83. The average molecular weight is 638 g/mol. The number of rotatable bonds is 8. The normalized spacial score (nSPS) is 21.4. The summed E-state index contributed by atoms with van der Waals surface area (Å²) in [7, 11) is -1.21. The minimum Gasteiger partial charge on any atom is -0.444 e. The topological polar surface area (TPSA) is 114 Å². The van der Waals surface area contributed by atoms with E-state index < -0.39 is 13.7 Å². The number of carbonyl (C=O) groups excluding carboxylic acids is 1. The summed E-state index contributed by atoms with van der Waals surface area (Å²) in [4.78, 5) is 33.8. The summed E-state index contributed by atoms with van der Waals surface area (Å²) in [6.45, 7) is 23.9. The number of fused-ring (bicyclic) bond motifs is 1. The number of amides is 1. The van der Waals surface area contributed by atoms with E-state index in [0.29, 0.717) is 38.9 Å². The zero-order chi connectivity index (χ0) is 32.5. The second-order valence-electron chi connectivity index (χ2n) is 14.7. The van der Waals surface area contributed by atoms with Gasteiger partial charge in [-0.15, -0.1) is 0 Å². The minimum atomic E-state index is -1.21. The highest BCUT2D eigenvalue weighted by molar-refractivity contribution is 6.76. The van der Waals surface area contributed by atoms with Gasteiger partial charge in [0.2, 0.25) is 5.95 Å². The number of nitrogens with one attached hydrogen (secondary N) is 1. The van der Waals surface area contributed by atoms with Crippen LogP contribution in [0.2, 0.25) is 25.7 Å². The van der Waals surface area contributed by atoms with Crippen molar-refractivity contribution in [2.45, 2.75) is 97.7 Å². The molecule has 2 saturated heterocycles. The molecule has 45 heavy (non-hydrogen) atoms. The van der Waals surface area contributed by atoms with Crippen LogP contribution in [0.15, 0.2) is 24.5 Å². The van der Waals surface area contributed by atoms with Crippen molar-refractivity contribution in [3.8, 4) is 11.3 Å². The third kappa shape index (κ3) is 7.93. The maximum Gasteiger partial charge on any atom is 0.410 e. The van der Waals surface area contributed by atoms with Crippen molar-refractivity contribution in [3.63, 3.8) is 0 Å². The van der Waals surface area contributed by atoms with E-state index in [0.717, 1.165) is 47.2 Å². The Bertz CT molecular complexity index is 1460. The van der Waals surface area contributed by atoms with Gasteiger partial charge in [0.15, 0.2) is 0 Å². The molecule has 3 atom stereocenters. The van der Waals surface area contributed by atoms with Crippen LogP contribution in [0.4, 0.5) is 16.6 Å². The molecule has 2 fully saturated rings. The molecule has 12 nitrogen and oxygen atoms in total. The van der Waals surface area contributed by atoms with Gasteiger partial charge in [0.25, 0.3) is 0 Å². The Kier molecular flexibility index (Phi) is 9.71. The smallest absolute Gasteiger partial charge is 0.410 e. The fraction of sp³-hybridized carbons (Fsp3) is 0.656. The first-order chi connectivity index (χ1) is 21.2. The molecule has 5 heterocycles. The van der Waals surface area contributed by atoms with Gasteiger partial charge in [0, 0.05) is 77.3 Å². The highest BCUT2D eigenvalue weighted by Gasteiger charge is 2.32. The highest BCUT2D eigenvalue weighted by atomic mass is 28.3. The van der Waals surface area contributed by atoms with Crippen molar-refractivity contribution in [1.29, 1.82) is 0 Å². The van der Waals surface area contributed by atoms with E-state index in [-0.39, 0.29) is 24.2 Å². The van der Waals surface area contributed by atoms with Crippen LogP contribution < -0.4 is 15.1 Å². The van der Waals surface area contributed by atoms with Crippen molar-refractivity contribution in [1.82, 2.24) is 34.9 Å². The van der Waals surface area contributed by atoms with Gasteiger partial charge in [-0.05, 0) is 59.7 Å². The number of piperazine rings is 2. The number of anilines is 2.